The molecule has 0 unspecified atom stereocenters. The summed E-state index contributed by atoms with van der Waals surface area (Å²) in [4.78, 5) is 13.5. The molecule has 2 atom stereocenters. The molecule has 0 amide bonds. The maximum atomic E-state index is 11.4. The largest absolute Gasteiger partial charge is 0.480 e. The van der Waals surface area contributed by atoms with Gasteiger partial charge in [0.1, 0.15) is 6.04 Å². The van der Waals surface area contributed by atoms with Crippen LogP contribution < -0.4 is 10.2 Å². The summed E-state index contributed by atoms with van der Waals surface area (Å²) in [5.41, 5.74) is 1.00. The third-order valence-corrected chi connectivity index (χ3v) is 3.66. The van der Waals surface area contributed by atoms with E-state index in [0.717, 1.165) is 18.7 Å². The van der Waals surface area contributed by atoms with Crippen LogP contribution in [0.5, 0.6) is 0 Å². The Hall–Kier alpha value is -1.49. The molecule has 2 N–H and O–H groups in total. The first-order chi connectivity index (χ1) is 8.99. The standard InChI is InChI=1S/C14H23N3O2/c1-10(2)15-8-11-4-5-13(14(18)19)17(11)12-6-7-16(3)9-12/h6-7,9-11,13,15H,4-5,8H2,1-3H3,(H,18,19)/t11-,13+/m0/s1. The summed E-state index contributed by atoms with van der Waals surface area (Å²) in [5, 5.41) is 12.8. The molecule has 0 spiro atoms. The molecule has 0 saturated carbocycles. The molecule has 0 bridgehead atoms. The van der Waals surface area contributed by atoms with Crippen molar-refractivity contribution < 1.29 is 9.90 Å². The lowest BCUT2D eigenvalue weighted by Crippen LogP contribution is -2.46. The van der Waals surface area contributed by atoms with Crippen LogP contribution in [0.4, 0.5) is 5.69 Å². The van der Waals surface area contributed by atoms with E-state index in [9.17, 15) is 9.90 Å². The highest BCUT2D eigenvalue weighted by Crippen LogP contribution is 2.30. The summed E-state index contributed by atoms with van der Waals surface area (Å²) in [6.45, 7) is 5.04. The van der Waals surface area contributed by atoms with Crippen molar-refractivity contribution in [3.8, 4) is 0 Å². The lowest BCUT2D eigenvalue weighted by molar-refractivity contribution is -0.138. The summed E-state index contributed by atoms with van der Waals surface area (Å²) in [5.74, 6) is -0.726. The predicted octanol–water partition coefficient (Wildman–Crippen LogP) is 1.45. The van der Waals surface area contributed by atoms with Gasteiger partial charge in [-0.05, 0) is 18.9 Å². The Balaban J connectivity index is 2.17. The van der Waals surface area contributed by atoms with Gasteiger partial charge in [0, 0.05) is 38.1 Å². The first kappa shape index (κ1) is 13.9. The third kappa shape index (κ3) is 3.10. The smallest absolute Gasteiger partial charge is 0.326 e. The van der Waals surface area contributed by atoms with Crippen LogP contribution in [-0.4, -0.2) is 40.3 Å². The number of rotatable bonds is 5. The van der Waals surface area contributed by atoms with E-state index in [-0.39, 0.29) is 6.04 Å². The molecule has 1 aromatic rings. The second-order valence-corrected chi connectivity index (χ2v) is 5.59. The molecular formula is C14H23N3O2. The molecule has 1 aromatic heterocycles. The van der Waals surface area contributed by atoms with Crippen molar-refractivity contribution in [1.82, 2.24) is 9.88 Å². The van der Waals surface area contributed by atoms with Crippen LogP contribution in [0.3, 0.4) is 0 Å². The van der Waals surface area contributed by atoms with Gasteiger partial charge < -0.3 is 19.9 Å². The minimum absolute atomic E-state index is 0.255. The van der Waals surface area contributed by atoms with E-state index in [1.165, 1.54) is 0 Å². The number of aromatic nitrogens is 1. The van der Waals surface area contributed by atoms with Crippen LogP contribution in [-0.2, 0) is 11.8 Å². The Labute approximate surface area is 114 Å². The summed E-state index contributed by atoms with van der Waals surface area (Å²) in [7, 11) is 1.96. The zero-order valence-electron chi connectivity index (χ0n) is 11.8. The van der Waals surface area contributed by atoms with Crippen molar-refractivity contribution in [2.45, 2.75) is 44.8 Å². The first-order valence-corrected chi connectivity index (χ1v) is 6.85. The molecule has 0 aliphatic carbocycles. The van der Waals surface area contributed by atoms with Gasteiger partial charge in [-0.15, -0.1) is 0 Å². The van der Waals surface area contributed by atoms with E-state index in [1.54, 1.807) is 0 Å². The number of carbonyl (C=O) groups is 1. The van der Waals surface area contributed by atoms with Crippen LogP contribution in [0.25, 0.3) is 0 Å². The summed E-state index contributed by atoms with van der Waals surface area (Å²) in [6.07, 6.45) is 5.59. The van der Waals surface area contributed by atoms with Gasteiger partial charge in [0.05, 0.1) is 5.69 Å². The highest BCUT2D eigenvalue weighted by molar-refractivity contribution is 5.79. The van der Waals surface area contributed by atoms with E-state index in [4.69, 9.17) is 0 Å². The van der Waals surface area contributed by atoms with Crippen molar-refractivity contribution in [2.75, 3.05) is 11.4 Å². The Morgan fingerprint density at radius 3 is 2.79 bits per heavy atom. The van der Waals surface area contributed by atoms with E-state index in [1.807, 2.05) is 30.1 Å². The number of aliphatic carboxylic acids is 1. The number of nitrogens with zero attached hydrogens (tertiary/aromatic N) is 2. The number of carboxylic acid groups (broad SMARTS) is 1. The molecule has 1 fully saturated rings. The quantitative estimate of drug-likeness (QED) is 0.846. The van der Waals surface area contributed by atoms with Crippen molar-refractivity contribution >= 4 is 11.7 Å². The van der Waals surface area contributed by atoms with E-state index < -0.39 is 12.0 Å². The summed E-state index contributed by atoms with van der Waals surface area (Å²) < 4.78 is 1.96. The van der Waals surface area contributed by atoms with Gasteiger partial charge in [0.25, 0.3) is 0 Å². The summed E-state index contributed by atoms with van der Waals surface area (Å²) in [6, 6.07) is 2.26. The Morgan fingerprint density at radius 1 is 1.53 bits per heavy atom. The summed E-state index contributed by atoms with van der Waals surface area (Å²) >= 11 is 0. The molecule has 5 heteroatoms. The van der Waals surface area contributed by atoms with E-state index >= 15 is 0 Å². The number of nitrogens with one attached hydrogen (secondary N) is 1. The van der Waals surface area contributed by atoms with Crippen molar-refractivity contribution in [1.29, 1.82) is 0 Å². The normalized spacial score (nSPS) is 23.3. The van der Waals surface area contributed by atoms with Crippen molar-refractivity contribution in [2.24, 2.45) is 7.05 Å². The van der Waals surface area contributed by atoms with Crippen LogP contribution >= 0.6 is 0 Å². The Bertz CT molecular complexity index is 442. The van der Waals surface area contributed by atoms with Gasteiger partial charge in [-0.2, -0.15) is 0 Å². The van der Waals surface area contributed by atoms with E-state index in [2.05, 4.69) is 24.1 Å². The Morgan fingerprint density at radius 2 is 2.26 bits per heavy atom. The number of carboxylic acids is 1. The fourth-order valence-corrected chi connectivity index (χ4v) is 2.73. The minimum atomic E-state index is -0.726. The molecule has 2 heterocycles. The molecule has 0 aromatic carbocycles. The highest BCUT2D eigenvalue weighted by Gasteiger charge is 2.38. The number of aryl methyl sites for hydroxylation is 1. The zero-order valence-corrected chi connectivity index (χ0v) is 11.8. The monoisotopic (exact) mass is 265 g/mol. The van der Waals surface area contributed by atoms with Crippen molar-refractivity contribution in [3.05, 3.63) is 18.5 Å². The lowest BCUT2D eigenvalue weighted by Gasteiger charge is -2.30. The molecule has 0 radical (unpaired) electrons. The average molecular weight is 265 g/mol. The van der Waals surface area contributed by atoms with E-state index in [0.29, 0.717) is 12.5 Å². The van der Waals surface area contributed by atoms with Crippen LogP contribution in [0.1, 0.15) is 26.7 Å². The average Bonchev–Trinajstić information content (AvgIpc) is 2.91. The fourth-order valence-electron chi connectivity index (χ4n) is 2.73. The molecule has 1 aliphatic rings. The zero-order chi connectivity index (χ0) is 14.0. The predicted molar refractivity (Wildman–Crippen MR) is 75.5 cm³/mol. The molecule has 19 heavy (non-hydrogen) atoms. The lowest BCUT2D eigenvalue weighted by atomic mass is 10.2. The minimum Gasteiger partial charge on any atom is -0.480 e. The highest BCUT2D eigenvalue weighted by atomic mass is 16.4. The van der Waals surface area contributed by atoms with Crippen LogP contribution in [0, 0.1) is 0 Å². The third-order valence-electron chi connectivity index (χ3n) is 3.66. The topological polar surface area (TPSA) is 57.5 Å². The molecule has 5 nitrogen and oxygen atoms in total. The maximum Gasteiger partial charge on any atom is 0.326 e. The first-order valence-electron chi connectivity index (χ1n) is 6.85. The van der Waals surface area contributed by atoms with Crippen molar-refractivity contribution in [3.63, 3.8) is 0 Å². The van der Waals surface area contributed by atoms with Gasteiger partial charge in [0.15, 0.2) is 0 Å². The maximum absolute atomic E-state index is 11.4. The van der Waals surface area contributed by atoms with Gasteiger partial charge in [-0.25, -0.2) is 4.79 Å². The molecule has 1 saturated heterocycles. The number of hydrogen-bond acceptors (Lipinski definition) is 3. The second-order valence-electron chi connectivity index (χ2n) is 5.59. The van der Waals surface area contributed by atoms with Gasteiger partial charge in [-0.3, -0.25) is 0 Å². The Kier molecular flexibility index (Phi) is 4.14. The van der Waals surface area contributed by atoms with Crippen LogP contribution in [0.2, 0.25) is 0 Å². The second kappa shape index (κ2) is 5.65. The molecule has 2 rings (SSSR count). The number of hydrogen-bond donors (Lipinski definition) is 2. The van der Waals surface area contributed by atoms with Gasteiger partial charge in [-0.1, -0.05) is 13.8 Å². The molecule has 1 aliphatic heterocycles. The number of anilines is 1. The van der Waals surface area contributed by atoms with Gasteiger partial charge >= 0.3 is 5.97 Å². The molecule has 106 valence electrons. The van der Waals surface area contributed by atoms with Crippen LogP contribution in [0.15, 0.2) is 18.5 Å². The fraction of sp³-hybridized carbons (Fsp3) is 0.643. The van der Waals surface area contributed by atoms with Gasteiger partial charge in [0.2, 0.25) is 0 Å². The SMILES string of the molecule is CC(C)NC[C@@H]1CC[C@H](C(=O)O)N1c1ccn(C)c1. The molecular weight excluding hydrogens is 242 g/mol.